The molecule has 0 amide bonds. The van der Waals surface area contributed by atoms with Crippen molar-refractivity contribution in [2.75, 3.05) is 11.9 Å². The van der Waals surface area contributed by atoms with E-state index in [0.717, 1.165) is 22.4 Å². The number of anilines is 1. The molecule has 0 unspecified atom stereocenters. The monoisotopic (exact) mass is 500 g/mol. The lowest BCUT2D eigenvalue weighted by molar-refractivity contribution is 0.0697. The van der Waals surface area contributed by atoms with Gasteiger partial charge in [-0.15, -0.1) is 11.3 Å². The highest BCUT2D eigenvalue weighted by Gasteiger charge is 2.41. The van der Waals surface area contributed by atoms with E-state index in [4.69, 9.17) is 16.3 Å². The zero-order valence-electron chi connectivity index (χ0n) is 18.5. The average Bonchev–Trinajstić information content (AvgIpc) is 3.33. The molecule has 5 atom stereocenters. The molecule has 0 spiro atoms. The number of rotatable bonds is 5. The van der Waals surface area contributed by atoms with Crippen LogP contribution in [0.15, 0.2) is 36.8 Å². The van der Waals surface area contributed by atoms with Crippen LogP contribution in [0.4, 0.5) is 10.2 Å². The lowest BCUT2D eigenvalue weighted by Crippen LogP contribution is -2.32. The molecule has 9 heteroatoms. The standard InChI is InChI=1S/C25H24ClFN3O3S/c1-12-7-19(21(27)22(12)31)30-25-18(10-28-11-29-25)23(32)20-9-16(13(2)34-20)24-17-8-15(26)4-3-14(17)5-6-33-24/h3-4,8-12,19,21-22,24,31H,1,5-7H2,2H3,(H,28,29,30)/t12-,19-,21-,22-,24-/m1/s1. The molecular formula is C25H24ClFN3O3S. The van der Waals surface area contributed by atoms with Gasteiger partial charge in [-0.05, 0) is 67.5 Å². The normalized spacial score (nSPS) is 26.3. The Hall–Kier alpha value is -2.39. The highest BCUT2D eigenvalue weighted by molar-refractivity contribution is 7.14. The average molecular weight is 501 g/mol. The quantitative estimate of drug-likeness (QED) is 0.493. The van der Waals surface area contributed by atoms with Gasteiger partial charge < -0.3 is 15.2 Å². The second-order valence-corrected chi connectivity index (χ2v) is 10.5. The van der Waals surface area contributed by atoms with Gasteiger partial charge in [0.1, 0.15) is 24.4 Å². The van der Waals surface area contributed by atoms with Gasteiger partial charge in [0.05, 0.1) is 29.2 Å². The molecule has 3 heterocycles. The molecule has 177 valence electrons. The van der Waals surface area contributed by atoms with Crippen molar-refractivity contribution >= 4 is 34.5 Å². The van der Waals surface area contributed by atoms with Gasteiger partial charge in [0.15, 0.2) is 0 Å². The zero-order chi connectivity index (χ0) is 24.0. The molecule has 1 saturated carbocycles. The Labute approximate surface area is 206 Å². The first-order valence-electron chi connectivity index (χ1n) is 11.1. The fourth-order valence-electron chi connectivity index (χ4n) is 4.69. The Bertz CT molecular complexity index is 1240. The molecule has 1 radical (unpaired) electrons. The number of ketones is 1. The van der Waals surface area contributed by atoms with Crippen molar-refractivity contribution in [1.82, 2.24) is 9.97 Å². The summed E-state index contributed by atoms with van der Waals surface area (Å²) < 4.78 is 20.6. The number of halogens is 2. The summed E-state index contributed by atoms with van der Waals surface area (Å²) in [5, 5.41) is 13.6. The van der Waals surface area contributed by atoms with Crippen LogP contribution in [-0.4, -0.2) is 45.8 Å². The van der Waals surface area contributed by atoms with Crippen LogP contribution in [-0.2, 0) is 11.2 Å². The number of carbonyl (C=O) groups is 1. The summed E-state index contributed by atoms with van der Waals surface area (Å²) in [5.41, 5.74) is 3.37. The van der Waals surface area contributed by atoms with Crippen LogP contribution >= 0.6 is 22.9 Å². The molecule has 1 aromatic carbocycles. The van der Waals surface area contributed by atoms with Crippen molar-refractivity contribution in [1.29, 1.82) is 0 Å². The van der Waals surface area contributed by atoms with E-state index in [9.17, 15) is 14.3 Å². The molecule has 0 bridgehead atoms. The SMILES string of the molecule is [CH2][C@@H]1C[C@@H](Nc2ncncc2C(=O)c2cc([C@H]3OCCc4ccc(Cl)cc43)c(C)s2)[C@@H](F)[C@@H]1O. The fraction of sp³-hybridized carbons (Fsp3) is 0.360. The minimum atomic E-state index is -1.49. The van der Waals surface area contributed by atoms with E-state index >= 15 is 0 Å². The van der Waals surface area contributed by atoms with Gasteiger partial charge in [-0.2, -0.15) is 0 Å². The van der Waals surface area contributed by atoms with Gasteiger partial charge in [-0.25, -0.2) is 14.4 Å². The highest BCUT2D eigenvalue weighted by Crippen LogP contribution is 2.39. The molecule has 2 aromatic heterocycles. The van der Waals surface area contributed by atoms with Crippen LogP contribution in [0.25, 0.3) is 0 Å². The van der Waals surface area contributed by atoms with E-state index in [1.54, 1.807) is 0 Å². The van der Waals surface area contributed by atoms with Crippen LogP contribution < -0.4 is 5.32 Å². The Morgan fingerprint density at radius 1 is 1.35 bits per heavy atom. The second-order valence-electron chi connectivity index (χ2n) is 8.76. The molecular weight excluding hydrogens is 477 g/mol. The number of aliphatic hydroxyl groups is 1. The number of thiophene rings is 1. The molecule has 2 aliphatic rings. The largest absolute Gasteiger partial charge is 0.390 e. The van der Waals surface area contributed by atoms with Crippen LogP contribution in [0, 0.1) is 19.8 Å². The maximum atomic E-state index is 14.5. The summed E-state index contributed by atoms with van der Waals surface area (Å²) in [6, 6.07) is 6.99. The third-order valence-corrected chi connectivity index (χ3v) is 7.84. The molecule has 2 N–H and O–H groups in total. The molecule has 1 fully saturated rings. The maximum absolute atomic E-state index is 14.5. The number of aryl methyl sites for hydroxylation is 1. The van der Waals surface area contributed by atoms with E-state index < -0.39 is 24.2 Å². The first-order chi connectivity index (χ1) is 16.3. The summed E-state index contributed by atoms with van der Waals surface area (Å²) in [6.45, 7) is 6.34. The number of nitrogens with one attached hydrogen (secondary N) is 1. The van der Waals surface area contributed by atoms with Crippen molar-refractivity contribution in [3.63, 3.8) is 0 Å². The molecule has 3 aromatic rings. The molecule has 6 nitrogen and oxygen atoms in total. The Morgan fingerprint density at radius 3 is 2.94 bits per heavy atom. The number of aliphatic hydroxyl groups excluding tert-OH is 1. The summed E-state index contributed by atoms with van der Waals surface area (Å²) in [7, 11) is 0. The van der Waals surface area contributed by atoms with Crippen LogP contribution in [0.5, 0.6) is 0 Å². The van der Waals surface area contributed by atoms with Crippen LogP contribution in [0.1, 0.15) is 49.3 Å². The van der Waals surface area contributed by atoms with Gasteiger partial charge >= 0.3 is 0 Å². The van der Waals surface area contributed by atoms with Crippen molar-refractivity contribution in [2.24, 2.45) is 5.92 Å². The van der Waals surface area contributed by atoms with E-state index in [1.807, 2.05) is 31.2 Å². The first-order valence-corrected chi connectivity index (χ1v) is 12.3. The summed E-state index contributed by atoms with van der Waals surface area (Å²) in [4.78, 5) is 23.2. The van der Waals surface area contributed by atoms with Crippen LogP contribution in [0.3, 0.4) is 0 Å². The highest BCUT2D eigenvalue weighted by atomic mass is 35.5. The number of nitrogens with zero attached hydrogens (tertiary/aromatic N) is 2. The van der Waals surface area contributed by atoms with E-state index in [2.05, 4.69) is 22.2 Å². The number of ether oxygens (including phenoxy) is 1. The van der Waals surface area contributed by atoms with Gasteiger partial charge in [-0.1, -0.05) is 17.7 Å². The Kier molecular flexibility index (Phi) is 6.41. The molecule has 34 heavy (non-hydrogen) atoms. The number of hydrogen-bond donors (Lipinski definition) is 2. The van der Waals surface area contributed by atoms with Gasteiger partial charge in [0.2, 0.25) is 5.78 Å². The van der Waals surface area contributed by atoms with Crippen LogP contribution in [0.2, 0.25) is 5.02 Å². The third-order valence-electron chi connectivity index (χ3n) is 6.54. The van der Waals surface area contributed by atoms with Crippen molar-refractivity contribution in [2.45, 2.75) is 44.2 Å². The Balaban J connectivity index is 1.44. The summed E-state index contributed by atoms with van der Waals surface area (Å²) in [5.74, 6) is -0.444. The molecule has 0 saturated heterocycles. The van der Waals surface area contributed by atoms with E-state index in [1.165, 1.54) is 29.4 Å². The fourth-order valence-corrected chi connectivity index (χ4v) is 5.87. The Morgan fingerprint density at radius 2 is 2.18 bits per heavy atom. The lowest BCUT2D eigenvalue weighted by Gasteiger charge is -2.26. The van der Waals surface area contributed by atoms with Gasteiger partial charge in [0, 0.05) is 16.1 Å². The zero-order valence-corrected chi connectivity index (χ0v) is 20.1. The predicted molar refractivity (Wildman–Crippen MR) is 129 cm³/mol. The maximum Gasteiger partial charge on any atom is 0.208 e. The molecule has 1 aliphatic heterocycles. The number of hydrogen-bond acceptors (Lipinski definition) is 7. The van der Waals surface area contributed by atoms with Crippen molar-refractivity contribution in [3.05, 3.63) is 80.7 Å². The minimum Gasteiger partial charge on any atom is -0.390 e. The summed E-state index contributed by atoms with van der Waals surface area (Å²) in [6.07, 6.45) is 0.946. The van der Waals surface area contributed by atoms with E-state index in [0.29, 0.717) is 22.9 Å². The van der Waals surface area contributed by atoms with Gasteiger partial charge in [0.25, 0.3) is 0 Å². The van der Waals surface area contributed by atoms with Crippen molar-refractivity contribution < 1.29 is 19.0 Å². The number of carbonyl (C=O) groups excluding carboxylic acids is 1. The van der Waals surface area contributed by atoms with E-state index in [-0.39, 0.29) is 23.3 Å². The topological polar surface area (TPSA) is 84.3 Å². The number of fused-ring (bicyclic) bond motifs is 1. The van der Waals surface area contributed by atoms with Crippen molar-refractivity contribution in [3.8, 4) is 0 Å². The third kappa shape index (κ3) is 4.24. The predicted octanol–water partition coefficient (Wildman–Crippen LogP) is 4.73. The first kappa shape index (κ1) is 23.4. The summed E-state index contributed by atoms with van der Waals surface area (Å²) >= 11 is 7.62. The molecule has 5 rings (SSSR count). The number of benzene rings is 1. The van der Waals surface area contributed by atoms with Gasteiger partial charge in [-0.3, -0.25) is 4.79 Å². The minimum absolute atomic E-state index is 0.243. The second kappa shape index (κ2) is 9.34. The number of aromatic nitrogens is 2. The molecule has 1 aliphatic carbocycles. The number of alkyl halides is 1. The smallest absolute Gasteiger partial charge is 0.208 e. The lowest BCUT2D eigenvalue weighted by atomic mass is 9.93.